The fraction of sp³-hybridized carbons (Fsp3) is 0.654. The van der Waals surface area contributed by atoms with Gasteiger partial charge in [0, 0.05) is 43.5 Å². The van der Waals surface area contributed by atoms with Crippen LogP contribution in [-0.4, -0.2) is 41.6 Å². The quantitative estimate of drug-likeness (QED) is 0.621. The third-order valence-corrected chi connectivity index (χ3v) is 6.63. The summed E-state index contributed by atoms with van der Waals surface area (Å²) in [4.78, 5) is 39.4. The van der Waals surface area contributed by atoms with E-state index in [1.807, 2.05) is 29.2 Å². The molecule has 31 heavy (non-hydrogen) atoms. The lowest BCUT2D eigenvalue weighted by atomic mass is 9.87. The van der Waals surface area contributed by atoms with Crippen molar-refractivity contribution in [2.24, 2.45) is 11.8 Å². The predicted molar refractivity (Wildman–Crippen MR) is 123 cm³/mol. The van der Waals surface area contributed by atoms with Gasteiger partial charge < -0.3 is 10.2 Å². The molecule has 0 spiro atoms. The average Bonchev–Trinajstić information content (AvgIpc) is 2.78. The number of ketones is 1. The summed E-state index contributed by atoms with van der Waals surface area (Å²) in [6.07, 6.45) is 8.71. The third-order valence-electron chi connectivity index (χ3n) is 6.63. The molecule has 0 unspecified atom stereocenters. The first-order chi connectivity index (χ1) is 14.9. The molecule has 1 saturated carbocycles. The van der Waals surface area contributed by atoms with Gasteiger partial charge in [-0.3, -0.25) is 14.4 Å². The van der Waals surface area contributed by atoms with Crippen molar-refractivity contribution in [3.05, 3.63) is 35.4 Å². The topological polar surface area (TPSA) is 66.5 Å². The van der Waals surface area contributed by atoms with Crippen LogP contribution in [0.3, 0.4) is 0 Å². The number of Topliss-reactive ketones (excluding diaryl/α,β-unsaturated/α-hetero) is 1. The van der Waals surface area contributed by atoms with Crippen molar-refractivity contribution in [1.29, 1.82) is 0 Å². The van der Waals surface area contributed by atoms with Crippen LogP contribution in [0.5, 0.6) is 0 Å². The summed E-state index contributed by atoms with van der Waals surface area (Å²) in [6.45, 7) is 5.80. The Kier molecular flexibility index (Phi) is 8.68. The molecule has 0 atom stereocenters. The van der Waals surface area contributed by atoms with Gasteiger partial charge in [0.15, 0.2) is 5.78 Å². The van der Waals surface area contributed by atoms with E-state index in [-0.39, 0.29) is 36.5 Å². The van der Waals surface area contributed by atoms with E-state index >= 15 is 0 Å². The summed E-state index contributed by atoms with van der Waals surface area (Å²) in [5.74, 6) is 1.06. The number of carbonyl (C=O) groups excluding carboxylic acids is 3. The monoisotopic (exact) mass is 426 g/mol. The SMILES string of the molecule is CC(C)Cc1ccc(C(=O)CCC(=O)NC2CCN(C(=O)C3CCCCC3)CC2)cc1. The van der Waals surface area contributed by atoms with Crippen LogP contribution in [0.25, 0.3) is 0 Å². The smallest absolute Gasteiger partial charge is 0.225 e. The number of hydrogen-bond acceptors (Lipinski definition) is 3. The Morgan fingerprint density at radius 3 is 2.19 bits per heavy atom. The van der Waals surface area contributed by atoms with E-state index in [0.717, 1.165) is 45.2 Å². The molecule has 1 N–H and O–H groups in total. The number of nitrogens with zero attached hydrogens (tertiary/aromatic N) is 1. The molecule has 1 aromatic rings. The van der Waals surface area contributed by atoms with Crippen LogP contribution in [0.15, 0.2) is 24.3 Å². The zero-order chi connectivity index (χ0) is 22.2. The Morgan fingerprint density at radius 2 is 1.58 bits per heavy atom. The Bertz CT molecular complexity index is 742. The van der Waals surface area contributed by atoms with E-state index in [4.69, 9.17) is 0 Å². The third kappa shape index (κ3) is 7.19. The van der Waals surface area contributed by atoms with Crippen molar-refractivity contribution in [1.82, 2.24) is 10.2 Å². The minimum absolute atomic E-state index is 0.0131. The second kappa shape index (κ2) is 11.4. The van der Waals surface area contributed by atoms with Gasteiger partial charge in [0.1, 0.15) is 0 Å². The maximum Gasteiger partial charge on any atom is 0.225 e. The Morgan fingerprint density at radius 1 is 0.935 bits per heavy atom. The molecular formula is C26H38N2O3. The molecule has 2 aliphatic rings. The van der Waals surface area contributed by atoms with Gasteiger partial charge in [-0.15, -0.1) is 0 Å². The molecule has 0 aromatic heterocycles. The van der Waals surface area contributed by atoms with E-state index in [1.54, 1.807) is 0 Å². The largest absolute Gasteiger partial charge is 0.353 e. The molecule has 0 radical (unpaired) electrons. The highest BCUT2D eigenvalue weighted by molar-refractivity contribution is 5.98. The Hall–Kier alpha value is -2.17. The van der Waals surface area contributed by atoms with Crippen LogP contribution >= 0.6 is 0 Å². The van der Waals surface area contributed by atoms with Crippen LogP contribution < -0.4 is 5.32 Å². The molecule has 2 amide bonds. The number of piperidine rings is 1. The summed E-state index contributed by atoms with van der Waals surface area (Å²) >= 11 is 0. The molecule has 1 aliphatic carbocycles. The van der Waals surface area contributed by atoms with Gasteiger partial charge in [0.05, 0.1) is 0 Å². The van der Waals surface area contributed by atoms with E-state index in [2.05, 4.69) is 19.2 Å². The molecule has 5 nitrogen and oxygen atoms in total. The fourth-order valence-corrected chi connectivity index (χ4v) is 4.82. The highest BCUT2D eigenvalue weighted by atomic mass is 16.2. The lowest BCUT2D eigenvalue weighted by molar-refractivity contribution is -0.137. The van der Waals surface area contributed by atoms with Gasteiger partial charge in [-0.25, -0.2) is 0 Å². The minimum Gasteiger partial charge on any atom is -0.353 e. The van der Waals surface area contributed by atoms with Crippen LogP contribution in [-0.2, 0) is 16.0 Å². The summed E-state index contributed by atoms with van der Waals surface area (Å²) in [6, 6.07) is 7.87. The number of rotatable bonds is 8. The second-order valence-corrected chi connectivity index (χ2v) is 9.72. The number of amides is 2. The number of benzene rings is 1. The van der Waals surface area contributed by atoms with Crippen molar-refractivity contribution in [2.45, 2.75) is 84.1 Å². The first-order valence-electron chi connectivity index (χ1n) is 12.1. The number of nitrogens with one attached hydrogen (secondary N) is 1. The average molecular weight is 427 g/mol. The van der Waals surface area contributed by atoms with E-state index in [1.165, 1.54) is 24.8 Å². The van der Waals surface area contributed by atoms with Gasteiger partial charge in [-0.2, -0.15) is 0 Å². The highest BCUT2D eigenvalue weighted by Crippen LogP contribution is 2.26. The Balaban J connectivity index is 1.36. The molecule has 1 saturated heterocycles. The molecular weight excluding hydrogens is 388 g/mol. The molecule has 2 fully saturated rings. The maximum atomic E-state index is 12.7. The van der Waals surface area contributed by atoms with Crippen LogP contribution in [0.1, 0.15) is 87.6 Å². The summed E-state index contributed by atoms with van der Waals surface area (Å²) < 4.78 is 0. The molecule has 170 valence electrons. The zero-order valence-corrected chi connectivity index (χ0v) is 19.2. The van der Waals surface area contributed by atoms with Crippen LogP contribution in [0.4, 0.5) is 0 Å². The number of hydrogen-bond donors (Lipinski definition) is 1. The maximum absolute atomic E-state index is 12.7. The first-order valence-corrected chi connectivity index (χ1v) is 12.1. The molecule has 3 rings (SSSR count). The minimum atomic E-state index is -0.0677. The van der Waals surface area contributed by atoms with E-state index in [0.29, 0.717) is 17.4 Å². The van der Waals surface area contributed by atoms with Gasteiger partial charge in [-0.05, 0) is 43.6 Å². The predicted octanol–water partition coefficient (Wildman–Crippen LogP) is 4.54. The van der Waals surface area contributed by atoms with Crippen molar-refractivity contribution >= 4 is 17.6 Å². The van der Waals surface area contributed by atoms with Crippen molar-refractivity contribution < 1.29 is 14.4 Å². The van der Waals surface area contributed by atoms with E-state index < -0.39 is 0 Å². The lowest BCUT2D eigenvalue weighted by Gasteiger charge is -2.35. The zero-order valence-electron chi connectivity index (χ0n) is 19.2. The van der Waals surface area contributed by atoms with Gasteiger partial charge in [-0.1, -0.05) is 57.4 Å². The molecule has 1 aromatic carbocycles. The summed E-state index contributed by atoms with van der Waals surface area (Å²) in [7, 11) is 0. The van der Waals surface area contributed by atoms with Crippen molar-refractivity contribution in [3.63, 3.8) is 0 Å². The molecule has 5 heteroatoms. The normalized spacial score (nSPS) is 18.2. The van der Waals surface area contributed by atoms with Gasteiger partial charge in [0.25, 0.3) is 0 Å². The molecule has 1 aliphatic heterocycles. The first kappa shape index (κ1) is 23.5. The standard InChI is InChI=1S/C26H38N2O3/c1-19(2)18-20-8-10-21(11-9-20)24(29)12-13-25(30)27-23-14-16-28(17-15-23)26(31)22-6-4-3-5-7-22/h8-11,19,22-23H,3-7,12-18H2,1-2H3,(H,27,30). The van der Waals surface area contributed by atoms with Crippen LogP contribution in [0.2, 0.25) is 0 Å². The Labute approximate surface area is 187 Å². The van der Waals surface area contributed by atoms with Crippen molar-refractivity contribution in [2.75, 3.05) is 13.1 Å². The lowest BCUT2D eigenvalue weighted by Crippen LogP contribution is -2.48. The summed E-state index contributed by atoms with van der Waals surface area (Å²) in [5.41, 5.74) is 1.91. The summed E-state index contributed by atoms with van der Waals surface area (Å²) in [5, 5.41) is 3.07. The van der Waals surface area contributed by atoms with Gasteiger partial charge in [0.2, 0.25) is 11.8 Å². The second-order valence-electron chi connectivity index (χ2n) is 9.72. The molecule has 0 bridgehead atoms. The number of carbonyl (C=O) groups is 3. The highest BCUT2D eigenvalue weighted by Gasteiger charge is 2.29. The van der Waals surface area contributed by atoms with Crippen LogP contribution in [0, 0.1) is 11.8 Å². The molecule has 1 heterocycles. The van der Waals surface area contributed by atoms with E-state index in [9.17, 15) is 14.4 Å². The fourth-order valence-electron chi connectivity index (χ4n) is 4.82. The van der Waals surface area contributed by atoms with Gasteiger partial charge >= 0.3 is 0 Å². The number of likely N-dealkylation sites (tertiary alicyclic amines) is 1. The van der Waals surface area contributed by atoms with Crippen molar-refractivity contribution in [3.8, 4) is 0 Å².